The molecule has 0 bridgehead atoms. The number of hydrogen-bond acceptors (Lipinski definition) is 6. The highest BCUT2D eigenvalue weighted by molar-refractivity contribution is 7.80. The molecule has 0 radical (unpaired) electrons. The molecule has 0 aromatic heterocycles. The minimum atomic E-state index is -1.32. The molecule has 5 nitrogen and oxygen atoms in total. The van der Waals surface area contributed by atoms with E-state index in [1.807, 2.05) is 0 Å². The van der Waals surface area contributed by atoms with Gasteiger partial charge in [-0.25, -0.2) is 0 Å². The largest absolute Gasteiger partial charge is 0.394 e. The molecule has 2 unspecified atom stereocenters. The van der Waals surface area contributed by atoms with Crippen molar-refractivity contribution in [2.75, 3.05) is 6.61 Å². The van der Waals surface area contributed by atoms with Gasteiger partial charge in [0.2, 0.25) is 0 Å². The molecule has 0 aromatic rings. The predicted octanol–water partition coefficient (Wildman–Crippen LogP) is -2.28. The van der Waals surface area contributed by atoms with E-state index in [0.29, 0.717) is 0 Å². The molecule has 0 aliphatic carbocycles. The fraction of sp³-hybridized carbons (Fsp3) is 1.00. The normalized spacial score (nSPS) is 49.2. The highest BCUT2D eigenvalue weighted by atomic mass is 32.1. The summed E-state index contributed by atoms with van der Waals surface area (Å²) < 4.78 is 4.88. The Labute approximate surface area is 75.0 Å². The maximum absolute atomic E-state index is 9.20. The summed E-state index contributed by atoms with van der Waals surface area (Å²) in [4.78, 5) is 0. The first-order chi connectivity index (χ1) is 5.57. The Kier molecular flexibility index (Phi) is 3.33. The van der Waals surface area contributed by atoms with Crippen LogP contribution < -0.4 is 0 Å². The van der Waals surface area contributed by atoms with Crippen LogP contribution in [0.3, 0.4) is 0 Å². The summed E-state index contributed by atoms with van der Waals surface area (Å²) in [7, 11) is 0. The minimum Gasteiger partial charge on any atom is -0.394 e. The Bertz CT molecular complexity index is 150. The maximum atomic E-state index is 9.20. The molecule has 72 valence electrons. The lowest BCUT2D eigenvalue weighted by molar-refractivity contribution is -0.205. The standard InChI is InChI=1S/C6H12O5S/c7-1-2-3(8)4(9)5(10)6(12)11-2/h2-10,12H,1H2/t2?,3-,4-,5?,6-/m0/s1. The van der Waals surface area contributed by atoms with Crippen LogP contribution in [-0.2, 0) is 4.74 Å². The van der Waals surface area contributed by atoms with Crippen molar-refractivity contribution in [1.82, 2.24) is 0 Å². The number of hydrogen-bond donors (Lipinski definition) is 5. The lowest BCUT2D eigenvalue weighted by atomic mass is 10.0. The second kappa shape index (κ2) is 3.91. The summed E-state index contributed by atoms with van der Waals surface area (Å²) in [5, 5.41) is 36.2. The summed E-state index contributed by atoms with van der Waals surface area (Å²) in [6, 6.07) is 0. The zero-order valence-corrected chi connectivity index (χ0v) is 7.13. The Hall–Kier alpha value is 0.150. The Balaban J connectivity index is 2.63. The Morgan fingerprint density at radius 3 is 2.17 bits per heavy atom. The molecule has 5 atom stereocenters. The molecule has 0 spiro atoms. The first-order valence-electron chi connectivity index (χ1n) is 3.56. The molecule has 1 rings (SSSR count). The van der Waals surface area contributed by atoms with Crippen LogP contribution in [0.4, 0.5) is 0 Å². The molecule has 0 amide bonds. The summed E-state index contributed by atoms with van der Waals surface area (Å²) in [6.07, 6.45) is -4.70. The van der Waals surface area contributed by atoms with E-state index < -0.39 is 36.5 Å². The van der Waals surface area contributed by atoms with Gasteiger partial charge in [-0.1, -0.05) is 0 Å². The SMILES string of the molecule is OCC1O[C@@H](S)C(O)[C@@H](O)[C@H]1O. The van der Waals surface area contributed by atoms with Gasteiger partial charge in [-0.3, -0.25) is 0 Å². The van der Waals surface area contributed by atoms with E-state index in [9.17, 15) is 10.2 Å². The van der Waals surface area contributed by atoms with E-state index in [1.165, 1.54) is 0 Å². The van der Waals surface area contributed by atoms with Crippen molar-refractivity contribution in [2.45, 2.75) is 29.9 Å². The molecule has 1 saturated heterocycles. The van der Waals surface area contributed by atoms with Crippen molar-refractivity contribution in [2.24, 2.45) is 0 Å². The van der Waals surface area contributed by atoms with Gasteiger partial charge in [-0.2, -0.15) is 0 Å². The van der Waals surface area contributed by atoms with Gasteiger partial charge in [0.05, 0.1) is 6.61 Å². The third-order valence-corrected chi connectivity index (χ3v) is 2.29. The Morgan fingerprint density at radius 2 is 1.67 bits per heavy atom. The fourth-order valence-corrected chi connectivity index (χ4v) is 1.41. The predicted molar refractivity (Wildman–Crippen MR) is 42.8 cm³/mol. The second-order valence-electron chi connectivity index (χ2n) is 2.72. The van der Waals surface area contributed by atoms with Gasteiger partial charge in [-0.15, -0.1) is 12.6 Å². The van der Waals surface area contributed by atoms with Crippen LogP contribution in [-0.4, -0.2) is 56.9 Å². The van der Waals surface area contributed by atoms with E-state index in [2.05, 4.69) is 12.6 Å². The van der Waals surface area contributed by atoms with Gasteiger partial charge in [0.1, 0.15) is 29.9 Å². The van der Waals surface area contributed by atoms with Gasteiger partial charge in [0.25, 0.3) is 0 Å². The van der Waals surface area contributed by atoms with Crippen LogP contribution in [0.25, 0.3) is 0 Å². The van der Waals surface area contributed by atoms with E-state index >= 15 is 0 Å². The fourth-order valence-electron chi connectivity index (χ4n) is 1.08. The molecular formula is C6H12O5S. The minimum absolute atomic E-state index is 0.415. The molecule has 4 N–H and O–H groups in total. The van der Waals surface area contributed by atoms with E-state index in [4.69, 9.17) is 14.9 Å². The maximum Gasteiger partial charge on any atom is 0.129 e. The molecule has 1 aliphatic heterocycles. The number of ether oxygens (including phenoxy) is 1. The lowest BCUT2D eigenvalue weighted by Crippen LogP contribution is -2.56. The lowest BCUT2D eigenvalue weighted by Gasteiger charge is -2.37. The molecule has 0 aromatic carbocycles. The average molecular weight is 196 g/mol. The van der Waals surface area contributed by atoms with Gasteiger partial charge in [0, 0.05) is 0 Å². The molecule has 0 saturated carbocycles. The van der Waals surface area contributed by atoms with Crippen molar-refractivity contribution < 1.29 is 25.2 Å². The van der Waals surface area contributed by atoms with E-state index in [1.54, 1.807) is 0 Å². The van der Waals surface area contributed by atoms with Gasteiger partial charge in [0.15, 0.2) is 0 Å². The van der Waals surface area contributed by atoms with E-state index in [0.717, 1.165) is 0 Å². The number of thiol groups is 1. The van der Waals surface area contributed by atoms with Crippen LogP contribution in [0.1, 0.15) is 0 Å². The summed E-state index contributed by atoms with van der Waals surface area (Å²) in [6.45, 7) is -0.415. The van der Waals surface area contributed by atoms with Crippen LogP contribution in [0.2, 0.25) is 0 Å². The quantitative estimate of drug-likeness (QED) is 0.305. The highest BCUT2D eigenvalue weighted by Crippen LogP contribution is 2.22. The van der Waals surface area contributed by atoms with Gasteiger partial charge >= 0.3 is 0 Å². The first-order valence-corrected chi connectivity index (χ1v) is 4.08. The summed E-state index contributed by atoms with van der Waals surface area (Å²) >= 11 is 3.81. The van der Waals surface area contributed by atoms with Crippen molar-refractivity contribution in [3.63, 3.8) is 0 Å². The van der Waals surface area contributed by atoms with E-state index in [-0.39, 0.29) is 0 Å². The van der Waals surface area contributed by atoms with Crippen molar-refractivity contribution in [1.29, 1.82) is 0 Å². The second-order valence-corrected chi connectivity index (χ2v) is 3.23. The van der Waals surface area contributed by atoms with Crippen LogP contribution in [0.5, 0.6) is 0 Å². The zero-order valence-electron chi connectivity index (χ0n) is 6.24. The number of aliphatic hydroxyl groups excluding tert-OH is 4. The third kappa shape index (κ3) is 1.73. The molecule has 1 aliphatic rings. The monoisotopic (exact) mass is 196 g/mol. The smallest absolute Gasteiger partial charge is 0.129 e. The van der Waals surface area contributed by atoms with Crippen LogP contribution >= 0.6 is 12.6 Å². The molecule has 12 heavy (non-hydrogen) atoms. The van der Waals surface area contributed by atoms with Crippen molar-refractivity contribution in [3.05, 3.63) is 0 Å². The van der Waals surface area contributed by atoms with Crippen LogP contribution in [0, 0.1) is 0 Å². The van der Waals surface area contributed by atoms with Crippen LogP contribution in [0.15, 0.2) is 0 Å². The molecule has 1 fully saturated rings. The third-order valence-electron chi connectivity index (χ3n) is 1.87. The molecule has 6 heteroatoms. The molecular weight excluding hydrogens is 184 g/mol. The molecule has 1 heterocycles. The number of rotatable bonds is 1. The highest BCUT2D eigenvalue weighted by Gasteiger charge is 2.41. The van der Waals surface area contributed by atoms with Crippen molar-refractivity contribution in [3.8, 4) is 0 Å². The summed E-state index contributed by atoms with van der Waals surface area (Å²) in [5.41, 5.74) is -0.874. The summed E-state index contributed by atoms with van der Waals surface area (Å²) in [5.74, 6) is 0. The van der Waals surface area contributed by atoms with Gasteiger partial charge in [-0.05, 0) is 0 Å². The first kappa shape index (κ1) is 10.2. The van der Waals surface area contributed by atoms with Gasteiger partial charge < -0.3 is 25.2 Å². The van der Waals surface area contributed by atoms with Crippen molar-refractivity contribution >= 4 is 12.6 Å². The zero-order chi connectivity index (χ0) is 9.30. The average Bonchev–Trinajstić information content (AvgIpc) is 2.08. The number of aliphatic hydroxyl groups is 4. The topological polar surface area (TPSA) is 90.2 Å². The Morgan fingerprint density at radius 1 is 1.08 bits per heavy atom.